The average Bonchev–Trinajstić information content (AvgIpc) is 2.77. The van der Waals surface area contributed by atoms with E-state index in [1.165, 1.54) is 0 Å². The van der Waals surface area contributed by atoms with Crippen LogP contribution in [0, 0.1) is 6.92 Å². The van der Waals surface area contributed by atoms with Gasteiger partial charge in [0.05, 0.1) is 11.2 Å². The Bertz CT molecular complexity index is 771. The summed E-state index contributed by atoms with van der Waals surface area (Å²) in [4.78, 5) is 13.1. The number of aromatic nitrogens is 3. The van der Waals surface area contributed by atoms with Gasteiger partial charge in [0.15, 0.2) is 11.5 Å². The highest BCUT2D eigenvalue weighted by molar-refractivity contribution is 5.79. The Morgan fingerprint density at radius 2 is 1.95 bits per heavy atom. The van der Waals surface area contributed by atoms with Crippen LogP contribution < -0.4 is 5.73 Å². The maximum absolute atomic E-state index is 6.05. The standard InChI is InChI=1S/C15H16N4O/c1-9-18-12-8-10(4-5-13(12)20-9)11-6-7-17-14(19-11)15(2,3)16/h4-8H,16H2,1-3H3. The highest BCUT2D eigenvalue weighted by Gasteiger charge is 2.18. The van der Waals surface area contributed by atoms with Crippen LogP contribution in [-0.4, -0.2) is 15.0 Å². The normalized spacial score (nSPS) is 12.0. The second-order valence-corrected chi connectivity index (χ2v) is 5.40. The van der Waals surface area contributed by atoms with Gasteiger partial charge in [-0.05, 0) is 38.1 Å². The lowest BCUT2D eigenvalue weighted by Gasteiger charge is -2.16. The fourth-order valence-electron chi connectivity index (χ4n) is 2.03. The minimum atomic E-state index is -0.565. The smallest absolute Gasteiger partial charge is 0.192 e. The van der Waals surface area contributed by atoms with Crippen molar-refractivity contribution in [2.45, 2.75) is 26.3 Å². The van der Waals surface area contributed by atoms with Crippen molar-refractivity contribution in [3.63, 3.8) is 0 Å². The summed E-state index contributed by atoms with van der Waals surface area (Å²) in [5.41, 5.74) is 8.88. The molecule has 3 aromatic rings. The second-order valence-electron chi connectivity index (χ2n) is 5.40. The molecule has 0 atom stereocenters. The van der Waals surface area contributed by atoms with E-state index in [2.05, 4.69) is 15.0 Å². The summed E-state index contributed by atoms with van der Waals surface area (Å²) in [6.07, 6.45) is 1.73. The van der Waals surface area contributed by atoms with Crippen molar-refractivity contribution in [3.8, 4) is 11.3 Å². The number of fused-ring (bicyclic) bond motifs is 1. The first-order chi connectivity index (χ1) is 9.43. The first-order valence-electron chi connectivity index (χ1n) is 6.43. The lowest BCUT2D eigenvalue weighted by molar-refractivity contribution is 0.514. The highest BCUT2D eigenvalue weighted by Crippen LogP contribution is 2.24. The Hall–Kier alpha value is -2.27. The SMILES string of the molecule is Cc1nc2cc(-c3ccnc(C(C)(C)N)n3)ccc2o1. The van der Waals surface area contributed by atoms with Crippen molar-refractivity contribution in [3.05, 3.63) is 42.2 Å². The molecule has 5 nitrogen and oxygen atoms in total. The highest BCUT2D eigenvalue weighted by atomic mass is 16.3. The van der Waals surface area contributed by atoms with Crippen molar-refractivity contribution in [1.82, 2.24) is 15.0 Å². The van der Waals surface area contributed by atoms with Crippen LogP contribution in [0.5, 0.6) is 0 Å². The number of rotatable bonds is 2. The maximum atomic E-state index is 6.05. The van der Waals surface area contributed by atoms with Crippen molar-refractivity contribution in [1.29, 1.82) is 0 Å². The number of nitrogens with two attached hydrogens (primary N) is 1. The van der Waals surface area contributed by atoms with Gasteiger partial charge in [-0.2, -0.15) is 0 Å². The van der Waals surface area contributed by atoms with E-state index in [1.807, 2.05) is 45.0 Å². The summed E-state index contributed by atoms with van der Waals surface area (Å²) in [5.74, 6) is 1.27. The molecule has 102 valence electrons. The molecule has 0 spiro atoms. The first kappa shape index (κ1) is 12.7. The molecule has 0 fully saturated rings. The molecule has 2 heterocycles. The molecule has 0 radical (unpaired) electrons. The number of benzene rings is 1. The van der Waals surface area contributed by atoms with Crippen LogP contribution in [0.3, 0.4) is 0 Å². The number of nitrogens with zero attached hydrogens (tertiary/aromatic N) is 3. The van der Waals surface area contributed by atoms with Gasteiger partial charge in [0, 0.05) is 18.7 Å². The fourth-order valence-corrected chi connectivity index (χ4v) is 2.03. The van der Waals surface area contributed by atoms with Crippen LogP contribution >= 0.6 is 0 Å². The molecule has 0 amide bonds. The van der Waals surface area contributed by atoms with Gasteiger partial charge < -0.3 is 10.2 Å². The molecule has 2 N–H and O–H groups in total. The van der Waals surface area contributed by atoms with Crippen molar-refractivity contribution < 1.29 is 4.42 Å². The molecule has 0 aliphatic carbocycles. The lowest BCUT2D eigenvalue weighted by Crippen LogP contribution is -2.31. The van der Waals surface area contributed by atoms with E-state index in [1.54, 1.807) is 6.20 Å². The predicted octanol–water partition coefficient (Wildman–Crippen LogP) is 2.79. The molecule has 2 aromatic heterocycles. The van der Waals surface area contributed by atoms with Gasteiger partial charge in [0.1, 0.15) is 11.3 Å². The third kappa shape index (κ3) is 2.28. The first-order valence-corrected chi connectivity index (χ1v) is 6.43. The molecule has 1 aromatic carbocycles. The number of oxazole rings is 1. The van der Waals surface area contributed by atoms with Gasteiger partial charge >= 0.3 is 0 Å². The van der Waals surface area contributed by atoms with E-state index in [4.69, 9.17) is 10.2 Å². The van der Waals surface area contributed by atoms with Crippen LogP contribution in [0.4, 0.5) is 0 Å². The zero-order valence-corrected chi connectivity index (χ0v) is 11.7. The van der Waals surface area contributed by atoms with Crippen molar-refractivity contribution in [2.75, 3.05) is 0 Å². The van der Waals surface area contributed by atoms with Crippen LogP contribution in [-0.2, 0) is 5.54 Å². The average molecular weight is 268 g/mol. The minimum absolute atomic E-state index is 0.565. The third-order valence-electron chi connectivity index (χ3n) is 3.02. The second kappa shape index (κ2) is 4.38. The summed E-state index contributed by atoms with van der Waals surface area (Å²) < 4.78 is 5.47. The molecule has 0 aliphatic heterocycles. The van der Waals surface area contributed by atoms with Crippen LogP contribution in [0.2, 0.25) is 0 Å². The van der Waals surface area contributed by atoms with Crippen LogP contribution in [0.1, 0.15) is 25.6 Å². The van der Waals surface area contributed by atoms with Gasteiger partial charge in [-0.1, -0.05) is 0 Å². The van der Waals surface area contributed by atoms with E-state index in [0.29, 0.717) is 11.7 Å². The van der Waals surface area contributed by atoms with Crippen LogP contribution in [0.25, 0.3) is 22.4 Å². The lowest BCUT2D eigenvalue weighted by atomic mass is 10.1. The Labute approximate surface area is 116 Å². The topological polar surface area (TPSA) is 77.8 Å². The number of aryl methyl sites for hydroxylation is 1. The molecular formula is C15H16N4O. The quantitative estimate of drug-likeness (QED) is 0.773. The minimum Gasteiger partial charge on any atom is -0.441 e. The van der Waals surface area contributed by atoms with Crippen molar-refractivity contribution in [2.24, 2.45) is 5.73 Å². The van der Waals surface area contributed by atoms with Gasteiger partial charge in [0.25, 0.3) is 0 Å². The van der Waals surface area contributed by atoms with Gasteiger partial charge in [0.2, 0.25) is 0 Å². The molecule has 0 bridgehead atoms. The molecule has 5 heteroatoms. The Kier molecular flexibility index (Phi) is 2.79. The zero-order valence-electron chi connectivity index (χ0n) is 11.7. The number of hydrogen-bond donors (Lipinski definition) is 1. The number of hydrogen-bond acceptors (Lipinski definition) is 5. The predicted molar refractivity (Wildman–Crippen MR) is 77.0 cm³/mol. The van der Waals surface area contributed by atoms with Gasteiger partial charge in [-0.3, -0.25) is 0 Å². The van der Waals surface area contributed by atoms with Gasteiger partial charge in [-0.25, -0.2) is 15.0 Å². The monoisotopic (exact) mass is 268 g/mol. The summed E-state index contributed by atoms with van der Waals surface area (Å²) in [6.45, 7) is 5.60. The van der Waals surface area contributed by atoms with E-state index >= 15 is 0 Å². The molecule has 0 saturated carbocycles. The molecule has 0 unspecified atom stereocenters. The van der Waals surface area contributed by atoms with E-state index in [9.17, 15) is 0 Å². The summed E-state index contributed by atoms with van der Waals surface area (Å²) in [7, 11) is 0. The largest absolute Gasteiger partial charge is 0.441 e. The van der Waals surface area contributed by atoms with Gasteiger partial charge in [-0.15, -0.1) is 0 Å². The summed E-state index contributed by atoms with van der Waals surface area (Å²) in [6, 6.07) is 7.69. The van der Waals surface area contributed by atoms with E-state index in [-0.39, 0.29) is 0 Å². The molecular weight excluding hydrogens is 252 g/mol. The Morgan fingerprint density at radius 1 is 1.15 bits per heavy atom. The Balaban J connectivity index is 2.10. The zero-order chi connectivity index (χ0) is 14.3. The molecule has 0 aliphatic rings. The van der Waals surface area contributed by atoms with E-state index in [0.717, 1.165) is 22.4 Å². The maximum Gasteiger partial charge on any atom is 0.192 e. The molecule has 20 heavy (non-hydrogen) atoms. The molecule has 3 rings (SSSR count). The third-order valence-corrected chi connectivity index (χ3v) is 3.02. The van der Waals surface area contributed by atoms with Crippen molar-refractivity contribution >= 4 is 11.1 Å². The summed E-state index contributed by atoms with van der Waals surface area (Å²) in [5, 5.41) is 0. The van der Waals surface area contributed by atoms with E-state index < -0.39 is 5.54 Å². The fraction of sp³-hybridized carbons (Fsp3) is 0.267. The molecule has 0 saturated heterocycles. The Morgan fingerprint density at radius 3 is 2.70 bits per heavy atom. The van der Waals surface area contributed by atoms with Crippen LogP contribution in [0.15, 0.2) is 34.9 Å². The summed E-state index contributed by atoms with van der Waals surface area (Å²) >= 11 is 0.